The molecule has 116 valence electrons. The van der Waals surface area contributed by atoms with Gasteiger partial charge in [-0.05, 0) is 6.92 Å². The van der Waals surface area contributed by atoms with Crippen molar-refractivity contribution >= 4 is 5.84 Å². The maximum absolute atomic E-state index is 4.28. The number of halogens is 1. The summed E-state index contributed by atoms with van der Waals surface area (Å²) < 4.78 is 3.78. The molecule has 8 nitrogen and oxygen atoms in total. The van der Waals surface area contributed by atoms with Gasteiger partial charge in [0.15, 0.2) is 5.84 Å². The summed E-state index contributed by atoms with van der Waals surface area (Å²) in [5, 5.41) is 16.7. The van der Waals surface area contributed by atoms with Gasteiger partial charge in [-0.15, -0.1) is 20.4 Å². The Morgan fingerprint density at radius 1 is 1.19 bits per heavy atom. The molecule has 1 N–H and O–H groups in total. The minimum Gasteiger partial charge on any atom is -1.00 e. The molecule has 2 rings (SSSR count). The lowest BCUT2D eigenvalue weighted by molar-refractivity contribution is -0.856. The van der Waals surface area contributed by atoms with Crippen LogP contribution in [0.1, 0.15) is 6.92 Å². The number of nitrogens with zero attached hydrogens (tertiary/aromatic N) is 7. The van der Waals surface area contributed by atoms with Crippen molar-refractivity contribution in [2.75, 3.05) is 14.1 Å². The third-order valence-electron chi connectivity index (χ3n) is 3.11. The maximum Gasteiger partial charge on any atom is 0.284 e. The van der Waals surface area contributed by atoms with Crippen LogP contribution in [0.25, 0.3) is 0 Å². The minimum absolute atomic E-state index is 0. The van der Waals surface area contributed by atoms with Crippen LogP contribution in [0.3, 0.4) is 0 Å². The van der Waals surface area contributed by atoms with Crippen LogP contribution in [0.15, 0.2) is 45.2 Å². The predicted octanol–water partition coefficient (Wildman–Crippen LogP) is -3.73. The van der Waals surface area contributed by atoms with Gasteiger partial charge in [0.05, 0.1) is 13.2 Å². The van der Waals surface area contributed by atoms with Gasteiger partial charge in [0.25, 0.3) is 6.29 Å². The van der Waals surface area contributed by atoms with Crippen molar-refractivity contribution in [3.05, 3.63) is 30.4 Å². The molecule has 21 heavy (non-hydrogen) atoms. The summed E-state index contributed by atoms with van der Waals surface area (Å²) in [5.41, 5.74) is 0.752. The van der Waals surface area contributed by atoms with E-state index in [-0.39, 0.29) is 18.7 Å². The van der Waals surface area contributed by atoms with E-state index in [2.05, 4.69) is 20.4 Å². The average molecular weight is 313 g/mol. The maximum atomic E-state index is 4.28. The van der Waals surface area contributed by atoms with Gasteiger partial charge in [0.2, 0.25) is 5.62 Å². The molecule has 0 spiro atoms. The first-order valence-corrected chi connectivity index (χ1v) is 6.39. The second-order valence-electron chi connectivity index (χ2n) is 4.88. The van der Waals surface area contributed by atoms with E-state index < -0.39 is 0 Å². The van der Waals surface area contributed by atoms with E-state index in [0.29, 0.717) is 5.84 Å². The molecule has 2 atom stereocenters. The highest BCUT2D eigenvalue weighted by atomic mass is 35.5. The number of hydrogen-bond acceptors (Lipinski definition) is 4. The van der Waals surface area contributed by atoms with Gasteiger partial charge in [-0.3, -0.25) is 4.90 Å². The molecule has 0 aromatic carbocycles. The Kier molecular flexibility index (Phi) is 5.86. The molecule has 0 fully saturated rings. The molecule has 0 radical (unpaired) electrons. The van der Waals surface area contributed by atoms with E-state index in [1.54, 1.807) is 6.92 Å². The second kappa shape index (κ2) is 7.19. The molecule has 0 amide bonds. The zero-order valence-electron chi connectivity index (χ0n) is 12.9. The van der Waals surface area contributed by atoms with E-state index in [1.807, 2.05) is 67.0 Å². The quantitative estimate of drug-likeness (QED) is 0.259. The van der Waals surface area contributed by atoms with Gasteiger partial charge in [-0.2, -0.15) is 0 Å². The van der Waals surface area contributed by atoms with Crippen LogP contribution in [0.5, 0.6) is 0 Å². The third-order valence-corrected chi connectivity index (χ3v) is 3.11. The summed E-state index contributed by atoms with van der Waals surface area (Å²) in [6, 6.07) is 0. The van der Waals surface area contributed by atoms with Crippen molar-refractivity contribution in [2.45, 2.75) is 13.2 Å². The summed E-state index contributed by atoms with van der Waals surface area (Å²) in [7, 11) is 7.84. The number of aromatic nitrogens is 2. The topological polar surface area (TPSA) is 67.0 Å². The van der Waals surface area contributed by atoms with Gasteiger partial charge >= 0.3 is 0 Å². The van der Waals surface area contributed by atoms with Crippen molar-refractivity contribution in [1.82, 2.24) is 14.0 Å². The van der Waals surface area contributed by atoms with Gasteiger partial charge in [-0.25, -0.2) is 0 Å². The molecule has 1 aromatic heterocycles. The molecule has 0 aliphatic carbocycles. The minimum atomic E-state index is -0.0358. The molecular formula is C12H21ClN8. The Hall–Kier alpha value is -1.93. The Morgan fingerprint density at radius 2 is 1.81 bits per heavy atom. The molecular weight excluding hydrogens is 292 g/mol. The van der Waals surface area contributed by atoms with Crippen molar-refractivity contribution in [3.63, 3.8) is 0 Å². The van der Waals surface area contributed by atoms with E-state index in [4.69, 9.17) is 0 Å². The van der Waals surface area contributed by atoms with E-state index in [1.165, 1.54) is 0 Å². The number of nitrogens with one attached hydrogen (secondary N) is 1. The summed E-state index contributed by atoms with van der Waals surface area (Å²) >= 11 is 0. The SMILES string of the molecule is C/C(N=NC1N(C)C=C[NH+]1C)=N\N=c1n(C)ccn1C.[Cl-]. The van der Waals surface area contributed by atoms with Gasteiger partial charge < -0.3 is 26.4 Å². The van der Waals surface area contributed by atoms with E-state index >= 15 is 0 Å². The fraction of sp³-hybridized carbons (Fsp3) is 0.500. The highest BCUT2D eigenvalue weighted by Gasteiger charge is 2.24. The summed E-state index contributed by atoms with van der Waals surface area (Å²) in [5.74, 6) is 0.527. The molecule has 0 bridgehead atoms. The lowest BCUT2D eigenvalue weighted by Crippen LogP contribution is -3.08. The highest BCUT2D eigenvalue weighted by molar-refractivity contribution is 5.79. The standard InChI is InChI=1S/C12H20N8.ClH/c1-10(13-15-11-17(2)6-7-18(11)3)14-16-12-19(4)8-9-20(12)5;/h6-9,11H,1-5H3;1H/b14-10+,15-13?;. The average Bonchev–Trinajstić information content (AvgIpc) is 2.89. The predicted molar refractivity (Wildman–Crippen MR) is 75.5 cm³/mol. The third kappa shape index (κ3) is 4.02. The van der Waals surface area contributed by atoms with Crippen molar-refractivity contribution in [1.29, 1.82) is 0 Å². The number of amidine groups is 1. The van der Waals surface area contributed by atoms with Crippen LogP contribution in [0, 0.1) is 0 Å². The first-order valence-electron chi connectivity index (χ1n) is 6.39. The lowest BCUT2D eigenvalue weighted by Gasteiger charge is -2.16. The molecule has 0 saturated heterocycles. The zero-order chi connectivity index (χ0) is 14.7. The Balaban J connectivity index is 0.00000220. The summed E-state index contributed by atoms with van der Waals surface area (Å²) in [4.78, 5) is 3.16. The second-order valence-corrected chi connectivity index (χ2v) is 4.88. The van der Waals surface area contributed by atoms with Crippen molar-refractivity contribution in [2.24, 2.45) is 34.5 Å². The number of rotatable bonds is 2. The fourth-order valence-corrected chi connectivity index (χ4v) is 1.89. The van der Waals surface area contributed by atoms with Crippen LogP contribution >= 0.6 is 0 Å². The molecule has 2 unspecified atom stereocenters. The molecule has 1 aromatic rings. The number of imidazole rings is 1. The molecule has 1 aliphatic heterocycles. The number of hydrogen-bond donors (Lipinski definition) is 1. The molecule has 0 saturated carbocycles. The van der Waals surface area contributed by atoms with Crippen LogP contribution in [0.2, 0.25) is 0 Å². The van der Waals surface area contributed by atoms with Crippen LogP contribution in [0.4, 0.5) is 0 Å². The smallest absolute Gasteiger partial charge is 0.284 e. The fourth-order valence-electron chi connectivity index (χ4n) is 1.89. The Morgan fingerprint density at radius 3 is 2.33 bits per heavy atom. The number of azo groups is 1. The van der Waals surface area contributed by atoms with Gasteiger partial charge in [-0.1, -0.05) is 0 Å². The van der Waals surface area contributed by atoms with Crippen LogP contribution in [-0.2, 0) is 14.1 Å². The van der Waals surface area contributed by atoms with Crippen molar-refractivity contribution < 1.29 is 17.3 Å². The summed E-state index contributed by atoms with van der Waals surface area (Å²) in [6.07, 6.45) is 7.82. The van der Waals surface area contributed by atoms with Gasteiger partial charge in [0, 0.05) is 33.5 Å². The molecule has 1 aliphatic rings. The molecule has 9 heteroatoms. The lowest BCUT2D eigenvalue weighted by atomic mass is 10.7. The normalized spacial score (nSPS) is 22.0. The Bertz CT molecular complexity index is 589. The van der Waals surface area contributed by atoms with Crippen LogP contribution in [-0.4, -0.2) is 40.3 Å². The van der Waals surface area contributed by atoms with E-state index in [9.17, 15) is 0 Å². The first-order chi connectivity index (χ1) is 9.49. The monoisotopic (exact) mass is 312 g/mol. The first kappa shape index (κ1) is 17.1. The van der Waals surface area contributed by atoms with Gasteiger partial charge in [0.1, 0.15) is 6.20 Å². The largest absolute Gasteiger partial charge is 1.00 e. The van der Waals surface area contributed by atoms with E-state index in [0.717, 1.165) is 10.5 Å². The Labute approximate surface area is 130 Å². The summed E-state index contributed by atoms with van der Waals surface area (Å²) in [6.45, 7) is 1.79. The zero-order valence-corrected chi connectivity index (χ0v) is 13.7. The van der Waals surface area contributed by atoms with Crippen molar-refractivity contribution in [3.8, 4) is 0 Å². The van der Waals surface area contributed by atoms with Crippen LogP contribution < -0.4 is 22.9 Å². The number of aryl methyl sites for hydroxylation is 2. The molecule has 2 heterocycles. The number of quaternary nitrogens is 1. The highest BCUT2D eigenvalue weighted by Crippen LogP contribution is 1.98.